The van der Waals surface area contributed by atoms with Crippen LogP contribution in [0.1, 0.15) is 0 Å². The maximum Gasteiger partial charge on any atom is 0.134 e. The third-order valence-corrected chi connectivity index (χ3v) is 2.50. The van der Waals surface area contributed by atoms with Crippen molar-refractivity contribution in [3.63, 3.8) is 0 Å². The predicted octanol–water partition coefficient (Wildman–Crippen LogP) is 1.59. The first kappa shape index (κ1) is 11.8. The number of hydrogen-bond acceptors (Lipinski definition) is 4. The number of pyridine rings is 1. The maximum atomic E-state index is 5.72. The lowest BCUT2D eigenvalue weighted by Crippen LogP contribution is -2.31. The Kier molecular flexibility index (Phi) is 3.90. The van der Waals surface area contributed by atoms with Crippen LogP contribution in [0.5, 0.6) is 5.75 Å². The largest absolute Gasteiger partial charge is 0.487 e. The summed E-state index contributed by atoms with van der Waals surface area (Å²) < 4.78 is 10.8. The number of benzene rings is 1. The summed E-state index contributed by atoms with van der Waals surface area (Å²) in [4.78, 5) is 4.28. The highest BCUT2D eigenvalue weighted by Crippen LogP contribution is 2.19. The molecule has 2 aromatic rings. The molecule has 0 aliphatic carbocycles. The second kappa shape index (κ2) is 5.61. The highest BCUT2D eigenvalue weighted by Gasteiger charge is 2.08. The van der Waals surface area contributed by atoms with Crippen molar-refractivity contribution < 1.29 is 9.47 Å². The van der Waals surface area contributed by atoms with E-state index in [1.54, 1.807) is 13.3 Å². The van der Waals surface area contributed by atoms with Gasteiger partial charge in [-0.25, -0.2) is 0 Å². The predicted molar refractivity (Wildman–Crippen MR) is 67.1 cm³/mol. The van der Waals surface area contributed by atoms with Crippen LogP contribution in [0.15, 0.2) is 36.5 Å². The molecule has 90 valence electrons. The number of nitrogens with two attached hydrogens (primary N) is 1. The first-order chi connectivity index (χ1) is 8.33. The fraction of sp³-hybridized carbons (Fsp3) is 0.308. The molecule has 0 amide bonds. The summed E-state index contributed by atoms with van der Waals surface area (Å²) in [5.74, 6) is 0.767. The van der Waals surface area contributed by atoms with Crippen LogP contribution in [0.3, 0.4) is 0 Å². The van der Waals surface area contributed by atoms with Crippen molar-refractivity contribution in [1.29, 1.82) is 0 Å². The zero-order valence-electron chi connectivity index (χ0n) is 9.80. The molecule has 1 aromatic heterocycles. The zero-order chi connectivity index (χ0) is 12.1. The Morgan fingerprint density at radius 1 is 1.35 bits per heavy atom. The SMILES string of the molecule is COCC(CN)Oc1ccc2cccnc2c1. The van der Waals surface area contributed by atoms with Gasteiger partial charge in [0.2, 0.25) is 0 Å². The van der Waals surface area contributed by atoms with Gasteiger partial charge in [-0.1, -0.05) is 6.07 Å². The van der Waals surface area contributed by atoms with E-state index in [2.05, 4.69) is 4.98 Å². The van der Waals surface area contributed by atoms with Crippen molar-refractivity contribution in [2.45, 2.75) is 6.10 Å². The van der Waals surface area contributed by atoms with Gasteiger partial charge in [-0.15, -0.1) is 0 Å². The van der Waals surface area contributed by atoms with Crippen LogP contribution in [0.25, 0.3) is 10.9 Å². The maximum absolute atomic E-state index is 5.72. The van der Waals surface area contributed by atoms with Crippen molar-refractivity contribution in [3.8, 4) is 5.75 Å². The lowest BCUT2D eigenvalue weighted by atomic mass is 10.2. The van der Waals surface area contributed by atoms with Gasteiger partial charge < -0.3 is 15.2 Å². The molecule has 4 heteroatoms. The topological polar surface area (TPSA) is 57.4 Å². The average Bonchev–Trinajstić information content (AvgIpc) is 2.38. The second-order valence-electron chi connectivity index (χ2n) is 3.79. The molecule has 0 spiro atoms. The number of aromatic nitrogens is 1. The van der Waals surface area contributed by atoms with Gasteiger partial charge in [0.25, 0.3) is 0 Å². The van der Waals surface area contributed by atoms with Crippen molar-refractivity contribution >= 4 is 10.9 Å². The third kappa shape index (κ3) is 2.93. The molecule has 0 radical (unpaired) electrons. The van der Waals surface area contributed by atoms with E-state index >= 15 is 0 Å². The van der Waals surface area contributed by atoms with Gasteiger partial charge >= 0.3 is 0 Å². The lowest BCUT2D eigenvalue weighted by molar-refractivity contribution is 0.0861. The van der Waals surface area contributed by atoms with Gasteiger partial charge in [0, 0.05) is 31.3 Å². The fourth-order valence-electron chi connectivity index (χ4n) is 1.65. The quantitative estimate of drug-likeness (QED) is 0.850. The third-order valence-electron chi connectivity index (χ3n) is 2.50. The molecule has 0 saturated carbocycles. The van der Waals surface area contributed by atoms with E-state index in [0.29, 0.717) is 13.2 Å². The van der Waals surface area contributed by atoms with Crippen molar-refractivity contribution in [1.82, 2.24) is 4.98 Å². The minimum Gasteiger partial charge on any atom is -0.487 e. The van der Waals surface area contributed by atoms with E-state index in [1.807, 2.05) is 30.3 Å². The van der Waals surface area contributed by atoms with Gasteiger partial charge in [0.1, 0.15) is 11.9 Å². The molecule has 2 N–H and O–H groups in total. The van der Waals surface area contributed by atoms with Gasteiger partial charge in [-0.05, 0) is 18.2 Å². The second-order valence-corrected chi connectivity index (χ2v) is 3.79. The molecular weight excluding hydrogens is 216 g/mol. The normalized spacial score (nSPS) is 12.6. The van der Waals surface area contributed by atoms with Crippen LogP contribution in [-0.4, -0.2) is 31.3 Å². The summed E-state index contributed by atoms with van der Waals surface area (Å²) in [6.07, 6.45) is 1.64. The van der Waals surface area contributed by atoms with E-state index < -0.39 is 0 Å². The zero-order valence-corrected chi connectivity index (χ0v) is 9.80. The summed E-state index contributed by atoms with van der Waals surface area (Å²) in [5.41, 5.74) is 6.51. The summed E-state index contributed by atoms with van der Waals surface area (Å²) >= 11 is 0. The molecule has 0 bridgehead atoms. The minimum absolute atomic E-state index is 0.124. The number of rotatable bonds is 5. The number of fused-ring (bicyclic) bond motifs is 1. The van der Waals surface area contributed by atoms with Gasteiger partial charge in [0.05, 0.1) is 12.1 Å². The van der Waals surface area contributed by atoms with E-state index in [1.165, 1.54) is 0 Å². The van der Waals surface area contributed by atoms with Crippen LogP contribution in [0.4, 0.5) is 0 Å². The summed E-state index contributed by atoms with van der Waals surface area (Å²) in [6, 6.07) is 9.74. The van der Waals surface area contributed by atoms with E-state index in [4.69, 9.17) is 15.2 Å². The molecule has 1 aromatic carbocycles. The summed E-state index contributed by atoms with van der Waals surface area (Å²) in [6.45, 7) is 0.908. The molecule has 1 heterocycles. The molecule has 1 atom stereocenters. The summed E-state index contributed by atoms with van der Waals surface area (Å²) in [7, 11) is 1.63. The lowest BCUT2D eigenvalue weighted by Gasteiger charge is -2.16. The Morgan fingerprint density at radius 3 is 3.00 bits per heavy atom. The Morgan fingerprint density at radius 2 is 2.24 bits per heavy atom. The minimum atomic E-state index is -0.124. The van der Waals surface area contributed by atoms with Crippen LogP contribution < -0.4 is 10.5 Å². The Bertz CT molecular complexity index is 488. The highest BCUT2D eigenvalue weighted by atomic mass is 16.5. The van der Waals surface area contributed by atoms with Crippen LogP contribution in [0.2, 0.25) is 0 Å². The van der Waals surface area contributed by atoms with Gasteiger partial charge in [0.15, 0.2) is 0 Å². The van der Waals surface area contributed by atoms with Crippen LogP contribution in [-0.2, 0) is 4.74 Å². The number of ether oxygens (including phenoxy) is 2. The molecule has 2 rings (SSSR count). The molecule has 0 aliphatic heterocycles. The summed E-state index contributed by atoms with van der Waals surface area (Å²) in [5, 5.41) is 1.09. The molecule has 17 heavy (non-hydrogen) atoms. The first-order valence-electron chi connectivity index (χ1n) is 5.54. The Hall–Kier alpha value is -1.65. The molecule has 4 nitrogen and oxygen atoms in total. The molecular formula is C13H16N2O2. The monoisotopic (exact) mass is 232 g/mol. The van der Waals surface area contributed by atoms with Gasteiger partial charge in [-0.2, -0.15) is 0 Å². The Balaban J connectivity index is 2.18. The molecule has 0 aliphatic rings. The van der Waals surface area contributed by atoms with Crippen molar-refractivity contribution in [2.24, 2.45) is 5.73 Å². The molecule has 0 saturated heterocycles. The highest BCUT2D eigenvalue weighted by molar-refractivity contribution is 5.79. The number of hydrogen-bond donors (Lipinski definition) is 1. The van der Waals surface area contributed by atoms with E-state index in [0.717, 1.165) is 16.7 Å². The van der Waals surface area contributed by atoms with Gasteiger partial charge in [-0.3, -0.25) is 4.98 Å². The Labute approximate surface area is 100 Å². The van der Waals surface area contributed by atoms with E-state index in [-0.39, 0.29) is 6.10 Å². The van der Waals surface area contributed by atoms with E-state index in [9.17, 15) is 0 Å². The van der Waals surface area contributed by atoms with Crippen molar-refractivity contribution in [2.75, 3.05) is 20.3 Å². The van der Waals surface area contributed by atoms with Crippen LogP contribution in [0, 0.1) is 0 Å². The molecule has 0 fully saturated rings. The smallest absolute Gasteiger partial charge is 0.134 e. The molecule has 1 unspecified atom stereocenters. The number of methoxy groups -OCH3 is 1. The first-order valence-corrected chi connectivity index (χ1v) is 5.54. The average molecular weight is 232 g/mol. The standard InChI is InChI=1S/C13H16N2O2/c1-16-9-12(8-14)17-11-5-4-10-3-2-6-15-13(10)7-11/h2-7,12H,8-9,14H2,1H3. The van der Waals surface area contributed by atoms with Crippen molar-refractivity contribution in [3.05, 3.63) is 36.5 Å². The van der Waals surface area contributed by atoms with Crippen LogP contribution >= 0.6 is 0 Å². The fourth-order valence-corrected chi connectivity index (χ4v) is 1.65. The number of nitrogens with zero attached hydrogens (tertiary/aromatic N) is 1.